The third-order valence-electron chi connectivity index (χ3n) is 4.09. The van der Waals surface area contributed by atoms with E-state index in [1.165, 1.54) is 0 Å². The molecule has 20 heavy (non-hydrogen) atoms. The highest BCUT2D eigenvalue weighted by molar-refractivity contribution is 5.84. The quantitative estimate of drug-likeness (QED) is 0.827. The second kappa shape index (κ2) is 7.41. The lowest BCUT2D eigenvalue weighted by molar-refractivity contribution is -0.133. The highest BCUT2D eigenvalue weighted by atomic mass is 16.3. The Morgan fingerprint density at radius 1 is 1.40 bits per heavy atom. The highest BCUT2D eigenvalue weighted by Gasteiger charge is 2.32. The topological polar surface area (TPSA) is 66.6 Å². The predicted octanol–water partition coefficient (Wildman–Crippen LogP) is 1.49. The molecule has 1 heterocycles. The van der Waals surface area contributed by atoms with E-state index < -0.39 is 0 Å². The van der Waals surface area contributed by atoms with Gasteiger partial charge >= 0.3 is 0 Å². The van der Waals surface area contributed by atoms with E-state index in [1.807, 2.05) is 35.2 Å². The van der Waals surface area contributed by atoms with Gasteiger partial charge in [0.05, 0.1) is 5.92 Å². The fraction of sp³-hybridized carbons (Fsp3) is 0.562. The Labute approximate surface area is 120 Å². The normalized spacial score (nSPS) is 20.1. The molecular formula is C16H24N2O2. The number of amides is 1. The monoisotopic (exact) mass is 276 g/mol. The zero-order valence-electron chi connectivity index (χ0n) is 11.9. The Morgan fingerprint density at radius 2 is 2.15 bits per heavy atom. The maximum Gasteiger partial charge on any atom is 0.231 e. The fourth-order valence-electron chi connectivity index (χ4n) is 3.02. The van der Waals surface area contributed by atoms with Crippen molar-refractivity contribution in [2.45, 2.75) is 37.6 Å². The molecule has 2 unspecified atom stereocenters. The van der Waals surface area contributed by atoms with Crippen LogP contribution in [0.2, 0.25) is 0 Å². The van der Waals surface area contributed by atoms with Crippen molar-refractivity contribution in [2.24, 2.45) is 5.73 Å². The molecule has 0 aliphatic carbocycles. The molecule has 2 atom stereocenters. The first kappa shape index (κ1) is 15.0. The Morgan fingerprint density at radius 3 is 2.80 bits per heavy atom. The van der Waals surface area contributed by atoms with Crippen LogP contribution in [0.15, 0.2) is 30.3 Å². The van der Waals surface area contributed by atoms with E-state index in [9.17, 15) is 4.79 Å². The number of carbonyl (C=O) groups is 1. The number of aliphatic hydroxyl groups is 1. The van der Waals surface area contributed by atoms with Crippen LogP contribution in [0.4, 0.5) is 0 Å². The van der Waals surface area contributed by atoms with Crippen LogP contribution in [0.1, 0.15) is 37.2 Å². The van der Waals surface area contributed by atoms with Crippen molar-refractivity contribution in [1.29, 1.82) is 0 Å². The van der Waals surface area contributed by atoms with Crippen LogP contribution in [0.5, 0.6) is 0 Å². The van der Waals surface area contributed by atoms with Gasteiger partial charge in [-0.1, -0.05) is 30.3 Å². The van der Waals surface area contributed by atoms with Crippen molar-refractivity contribution in [3.05, 3.63) is 35.9 Å². The Bertz CT molecular complexity index is 422. The number of nitrogens with two attached hydrogens (primary N) is 1. The van der Waals surface area contributed by atoms with Crippen LogP contribution in [-0.4, -0.2) is 41.7 Å². The van der Waals surface area contributed by atoms with Crippen LogP contribution >= 0.6 is 0 Å². The Kier molecular flexibility index (Phi) is 5.56. The van der Waals surface area contributed by atoms with Gasteiger partial charge in [0.1, 0.15) is 0 Å². The summed E-state index contributed by atoms with van der Waals surface area (Å²) in [7, 11) is 0. The molecule has 0 bridgehead atoms. The third-order valence-corrected chi connectivity index (χ3v) is 4.09. The summed E-state index contributed by atoms with van der Waals surface area (Å²) in [5.41, 5.74) is 6.82. The molecule has 3 N–H and O–H groups in total. The summed E-state index contributed by atoms with van der Waals surface area (Å²) >= 11 is 0. The van der Waals surface area contributed by atoms with Crippen molar-refractivity contribution in [3.63, 3.8) is 0 Å². The van der Waals surface area contributed by atoms with E-state index >= 15 is 0 Å². The van der Waals surface area contributed by atoms with E-state index in [2.05, 4.69) is 0 Å². The first-order valence-corrected chi connectivity index (χ1v) is 7.44. The van der Waals surface area contributed by atoms with E-state index in [0.29, 0.717) is 6.54 Å². The molecule has 1 saturated heterocycles. The summed E-state index contributed by atoms with van der Waals surface area (Å²) in [6.07, 6.45) is 3.73. The first-order chi connectivity index (χ1) is 9.77. The SMILES string of the molecule is NCC(C(=O)N1CCCC1CCCO)c1ccccc1. The number of nitrogens with zero attached hydrogens (tertiary/aromatic N) is 1. The lowest BCUT2D eigenvalue weighted by atomic mass is 9.97. The number of likely N-dealkylation sites (tertiary alicyclic amines) is 1. The van der Waals surface area contributed by atoms with Crippen molar-refractivity contribution < 1.29 is 9.90 Å². The summed E-state index contributed by atoms with van der Waals surface area (Å²) in [5, 5.41) is 8.96. The molecule has 1 aliphatic rings. The van der Waals surface area contributed by atoms with E-state index in [0.717, 1.165) is 37.8 Å². The van der Waals surface area contributed by atoms with E-state index in [4.69, 9.17) is 10.8 Å². The lowest BCUT2D eigenvalue weighted by Crippen LogP contribution is -2.41. The van der Waals surface area contributed by atoms with Gasteiger partial charge < -0.3 is 15.7 Å². The minimum Gasteiger partial charge on any atom is -0.396 e. The van der Waals surface area contributed by atoms with Crippen molar-refractivity contribution in [3.8, 4) is 0 Å². The van der Waals surface area contributed by atoms with E-state index in [1.54, 1.807) is 0 Å². The van der Waals surface area contributed by atoms with Gasteiger partial charge in [-0.3, -0.25) is 4.79 Å². The summed E-state index contributed by atoms with van der Waals surface area (Å²) < 4.78 is 0. The highest BCUT2D eigenvalue weighted by Crippen LogP contribution is 2.26. The molecule has 4 heteroatoms. The van der Waals surface area contributed by atoms with Crippen LogP contribution < -0.4 is 5.73 Å². The van der Waals surface area contributed by atoms with Gasteiger partial charge in [-0.25, -0.2) is 0 Å². The molecule has 1 aliphatic heterocycles. The van der Waals surface area contributed by atoms with Gasteiger partial charge in [0.15, 0.2) is 0 Å². The number of aliphatic hydroxyl groups excluding tert-OH is 1. The Balaban J connectivity index is 2.08. The standard InChI is InChI=1S/C16H24N2O2/c17-12-15(13-6-2-1-3-7-13)16(20)18-10-4-8-14(18)9-5-11-19/h1-3,6-7,14-15,19H,4-5,8-12,17H2. The van der Waals surface area contributed by atoms with Gasteiger partial charge in [0, 0.05) is 25.7 Å². The van der Waals surface area contributed by atoms with Gasteiger partial charge in [-0.2, -0.15) is 0 Å². The maximum atomic E-state index is 12.7. The maximum absolute atomic E-state index is 12.7. The number of carbonyl (C=O) groups excluding carboxylic acids is 1. The second-order valence-electron chi connectivity index (χ2n) is 5.39. The number of hydrogen-bond acceptors (Lipinski definition) is 3. The molecule has 0 saturated carbocycles. The zero-order valence-corrected chi connectivity index (χ0v) is 11.9. The van der Waals surface area contributed by atoms with E-state index in [-0.39, 0.29) is 24.5 Å². The lowest BCUT2D eigenvalue weighted by Gasteiger charge is -2.28. The summed E-state index contributed by atoms with van der Waals surface area (Å²) in [6, 6.07) is 10.0. The average molecular weight is 276 g/mol. The molecule has 2 rings (SSSR count). The summed E-state index contributed by atoms with van der Waals surface area (Å²) in [5.74, 6) is -0.106. The minimum absolute atomic E-state index is 0.138. The number of hydrogen-bond donors (Lipinski definition) is 2. The molecule has 1 aromatic rings. The molecule has 1 fully saturated rings. The number of benzene rings is 1. The van der Waals surface area contributed by atoms with Crippen LogP contribution in [0, 0.1) is 0 Å². The fourth-order valence-corrected chi connectivity index (χ4v) is 3.02. The third kappa shape index (κ3) is 3.38. The predicted molar refractivity (Wildman–Crippen MR) is 79.3 cm³/mol. The molecule has 110 valence electrons. The van der Waals surface area contributed by atoms with Crippen molar-refractivity contribution in [1.82, 2.24) is 4.90 Å². The average Bonchev–Trinajstić information content (AvgIpc) is 2.95. The molecule has 1 amide bonds. The van der Waals surface area contributed by atoms with Crippen molar-refractivity contribution in [2.75, 3.05) is 19.7 Å². The summed E-state index contributed by atoms with van der Waals surface area (Å²) in [4.78, 5) is 14.7. The van der Waals surface area contributed by atoms with Gasteiger partial charge in [0.25, 0.3) is 0 Å². The largest absolute Gasteiger partial charge is 0.396 e. The molecule has 0 aromatic heterocycles. The Hall–Kier alpha value is -1.39. The minimum atomic E-state index is -0.245. The number of rotatable bonds is 6. The second-order valence-corrected chi connectivity index (χ2v) is 5.39. The van der Waals surface area contributed by atoms with Crippen molar-refractivity contribution >= 4 is 5.91 Å². The van der Waals surface area contributed by atoms with Gasteiger partial charge in [0.2, 0.25) is 5.91 Å². The summed E-state index contributed by atoms with van der Waals surface area (Å²) in [6.45, 7) is 1.35. The van der Waals surface area contributed by atoms with Gasteiger partial charge in [-0.05, 0) is 31.2 Å². The zero-order chi connectivity index (χ0) is 14.4. The molecule has 4 nitrogen and oxygen atoms in total. The van der Waals surface area contributed by atoms with Gasteiger partial charge in [-0.15, -0.1) is 0 Å². The smallest absolute Gasteiger partial charge is 0.231 e. The molecule has 0 spiro atoms. The first-order valence-electron chi connectivity index (χ1n) is 7.44. The van der Waals surface area contributed by atoms with Crippen LogP contribution in [0.25, 0.3) is 0 Å². The van der Waals surface area contributed by atoms with Crippen LogP contribution in [0.3, 0.4) is 0 Å². The molecule has 1 aromatic carbocycles. The van der Waals surface area contributed by atoms with Crippen LogP contribution in [-0.2, 0) is 4.79 Å². The molecule has 0 radical (unpaired) electrons. The molecular weight excluding hydrogens is 252 g/mol.